The molecule has 0 heterocycles. The SMILES string of the molecule is O.O.O.O.O.[Br][Cr]([Br])([Br])[Br]. The molecule has 0 atom stereocenters. The van der Waals surface area contributed by atoms with Crippen LogP contribution < -0.4 is 0 Å². The molecule has 10 heteroatoms. The monoisotopic (exact) mass is 458 g/mol. The molecule has 0 amide bonds. The van der Waals surface area contributed by atoms with Gasteiger partial charge in [0.1, 0.15) is 0 Å². The van der Waals surface area contributed by atoms with E-state index in [0.717, 1.165) is 0 Å². The third-order valence-corrected chi connectivity index (χ3v) is 0. The minimum atomic E-state index is -1.50. The summed E-state index contributed by atoms with van der Waals surface area (Å²) >= 11 is 13.1. The molecule has 10 N–H and O–H groups in total. The second kappa shape index (κ2) is 17.4. The first kappa shape index (κ1) is 39.7. The molecule has 0 aromatic carbocycles. The molecule has 0 unspecified atom stereocenters. The first-order chi connectivity index (χ1) is 2.00. The number of halogens is 4. The second-order valence-electron chi connectivity index (χ2n) is 0.350. The molecule has 0 aliphatic rings. The second-order valence-corrected chi connectivity index (χ2v) is 39.0. The predicted molar refractivity (Wildman–Crippen MR) is 53.8 cm³/mol. The molecule has 5 nitrogen and oxygen atoms in total. The Labute approximate surface area is 88.4 Å². The summed E-state index contributed by atoms with van der Waals surface area (Å²) in [6, 6.07) is 0. The van der Waals surface area contributed by atoms with Crippen LogP contribution in [0, 0.1) is 0 Å². The van der Waals surface area contributed by atoms with Gasteiger partial charge >= 0.3 is 62.0 Å². The molecule has 0 aromatic rings. The van der Waals surface area contributed by atoms with Gasteiger partial charge in [0.05, 0.1) is 0 Å². The van der Waals surface area contributed by atoms with Gasteiger partial charge in [0, 0.05) is 0 Å². The third-order valence-electron chi connectivity index (χ3n) is 0. The molecule has 0 saturated heterocycles. The summed E-state index contributed by atoms with van der Waals surface area (Å²) in [7, 11) is 0. The molecule has 0 saturated carbocycles. The van der Waals surface area contributed by atoms with Crippen molar-refractivity contribution in [1.29, 1.82) is 0 Å². The van der Waals surface area contributed by atoms with Crippen molar-refractivity contribution in [2.75, 3.05) is 0 Å². The summed E-state index contributed by atoms with van der Waals surface area (Å²) < 4.78 is 0. The standard InChI is InChI=1S/4BrH.Cr.5H2O/h4*1H;;5*1H2/q;;;;+4;;;;;/p-4. The zero-order valence-electron chi connectivity index (χ0n) is 4.42. The zero-order valence-corrected chi connectivity index (χ0v) is 12.0. The molecule has 0 rings (SSSR count). The summed E-state index contributed by atoms with van der Waals surface area (Å²) in [5, 5.41) is 0. The molecule has 0 radical (unpaired) electrons. The van der Waals surface area contributed by atoms with Crippen molar-refractivity contribution in [3.8, 4) is 0 Å². The van der Waals surface area contributed by atoms with Crippen molar-refractivity contribution in [2.45, 2.75) is 0 Å². The summed E-state index contributed by atoms with van der Waals surface area (Å²) in [6.45, 7) is 0. The van der Waals surface area contributed by atoms with Crippen LogP contribution in [0.5, 0.6) is 0 Å². The quantitative estimate of drug-likeness (QED) is 0.445. The number of hydrogen-bond donors (Lipinski definition) is 0. The predicted octanol–water partition coefficient (Wildman–Crippen LogP) is -0.744. The average Bonchev–Trinajstić information content (AvgIpc) is 0.722. The Morgan fingerprint density at radius 1 is 0.500 bits per heavy atom. The Balaban J connectivity index is -0.00000000800. The molecular formula is H10Br4CrO5. The van der Waals surface area contributed by atoms with Gasteiger partial charge in [-0.15, -0.1) is 0 Å². The Morgan fingerprint density at radius 2 is 0.500 bits per heavy atom. The molecule has 0 spiro atoms. The van der Waals surface area contributed by atoms with E-state index in [1.165, 1.54) is 0 Å². The summed E-state index contributed by atoms with van der Waals surface area (Å²) in [5.74, 6) is -1.50. The van der Waals surface area contributed by atoms with E-state index in [-0.39, 0.29) is 27.4 Å². The van der Waals surface area contributed by atoms with E-state index in [2.05, 4.69) is 56.2 Å². The van der Waals surface area contributed by atoms with Gasteiger partial charge in [0.15, 0.2) is 0 Å². The van der Waals surface area contributed by atoms with Crippen molar-refractivity contribution in [3.05, 3.63) is 0 Å². The van der Waals surface area contributed by atoms with E-state index in [4.69, 9.17) is 0 Å². The van der Waals surface area contributed by atoms with Crippen molar-refractivity contribution in [2.24, 2.45) is 0 Å². The first-order valence-electron chi connectivity index (χ1n) is 0.617. The van der Waals surface area contributed by atoms with Crippen LogP contribution in [0.4, 0.5) is 0 Å². The topological polar surface area (TPSA) is 158 Å². The van der Waals surface area contributed by atoms with Crippen LogP contribution >= 0.6 is 56.2 Å². The van der Waals surface area contributed by atoms with Gasteiger partial charge < -0.3 is 27.4 Å². The summed E-state index contributed by atoms with van der Waals surface area (Å²) in [6.07, 6.45) is 0. The molecule has 0 aliphatic carbocycles. The fourth-order valence-electron chi connectivity index (χ4n) is 0. The molecular weight excluding hydrogens is 452 g/mol. The van der Waals surface area contributed by atoms with Crippen LogP contribution in [0.1, 0.15) is 0 Å². The maximum absolute atomic E-state index is 3.28. The molecule has 10 heavy (non-hydrogen) atoms. The molecule has 0 bridgehead atoms. The van der Waals surface area contributed by atoms with E-state index < -0.39 is 5.77 Å². The van der Waals surface area contributed by atoms with E-state index in [9.17, 15) is 0 Å². The first-order valence-corrected chi connectivity index (χ1v) is 13.2. The summed E-state index contributed by atoms with van der Waals surface area (Å²) in [4.78, 5) is 0. The maximum atomic E-state index is 3.28. The van der Waals surface area contributed by atoms with E-state index in [0.29, 0.717) is 0 Å². The molecule has 0 aromatic heterocycles. The fourth-order valence-corrected chi connectivity index (χ4v) is 0. The van der Waals surface area contributed by atoms with Gasteiger partial charge in [-0.25, -0.2) is 0 Å². The van der Waals surface area contributed by atoms with Crippen molar-refractivity contribution >= 4 is 56.2 Å². The van der Waals surface area contributed by atoms with Gasteiger partial charge in [0.25, 0.3) is 0 Å². The summed E-state index contributed by atoms with van der Waals surface area (Å²) in [5.41, 5.74) is 0. The van der Waals surface area contributed by atoms with E-state index in [1.807, 2.05) is 0 Å². The minimum absolute atomic E-state index is 0. The van der Waals surface area contributed by atoms with Crippen LogP contribution in [0.3, 0.4) is 0 Å². The van der Waals surface area contributed by atoms with Gasteiger partial charge in [-0.3, -0.25) is 0 Å². The number of rotatable bonds is 0. The van der Waals surface area contributed by atoms with Gasteiger partial charge in [-0.2, -0.15) is 0 Å². The third kappa shape index (κ3) is 173. The molecule has 0 aliphatic heterocycles. The Hall–Kier alpha value is 2.25. The van der Waals surface area contributed by atoms with Crippen molar-refractivity contribution in [1.82, 2.24) is 0 Å². The van der Waals surface area contributed by atoms with Crippen LogP contribution in [0.25, 0.3) is 0 Å². The van der Waals surface area contributed by atoms with Gasteiger partial charge in [0.2, 0.25) is 0 Å². The van der Waals surface area contributed by atoms with Crippen LogP contribution in [-0.4, -0.2) is 27.4 Å². The van der Waals surface area contributed by atoms with Crippen LogP contribution in [0.15, 0.2) is 0 Å². The van der Waals surface area contributed by atoms with Gasteiger partial charge in [-0.05, 0) is 0 Å². The van der Waals surface area contributed by atoms with E-state index in [1.54, 1.807) is 0 Å². The Morgan fingerprint density at radius 3 is 0.500 bits per heavy atom. The fraction of sp³-hybridized carbons (Fsp3) is 0. The Bertz CT molecular complexity index is 29.1. The van der Waals surface area contributed by atoms with Crippen LogP contribution in [0.2, 0.25) is 0 Å². The van der Waals surface area contributed by atoms with Crippen molar-refractivity contribution in [3.63, 3.8) is 0 Å². The Kier molecular flexibility index (Phi) is 68.9. The number of hydrogen-bond acceptors (Lipinski definition) is 0. The van der Waals surface area contributed by atoms with E-state index >= 15 is 0 Å². The van der Waals surface area contributed by atoms with Crippen molar-refractivity contribution < 1.29 is 33.2 Å². The molecule has 0 fully saturated rings. The van der Waals surface area contributed by atoms with Crippen LogP contribution in [-0.2, 0) is 5.77 Å². The average molecular weight is 462 g/mol. The normalized spacial score (nSPS) is 7.60. The zero-order chi connectivity index (χ0) is 4.50. The molecule has 74 valence electrons. The van der Waals surface area contributed by atoms with Gasteiger partial charge in [-0.1, -0.05) is 0 Å².